The van der Waals surface area contributed by atoms with Crippen molar-refractivity contribution < 1.29 is 31.9 Å². The third-order valence-electron chi connectivity index (χ3n) is 1.47. The largest absolute Gasteiger partial charge is 0.483 e. The van der Waals surface area contributed by atoms with Gasteiger partial charge in [-0.1, -0.05) is 19.9 Å². The molecule has 0 spiro atoms. The molecule has 0 amide bonds. The topological polar surface area (TPSA) is 91.3 Å². The van der Waals surface area contributed by atoms with Gasteiger partial charge in [0.2, 0.25) is 0 Å². The van der Waals surface area contributed by atoms with E-state index in [0.29, 0.717) is 12.8 Å². The second-order valence-electron chi connectivity index (χ2n) is 3.25. The van der Waals surface area contributed by atoms with Crippen LogP contribution in [0.4, 0.5) is 0 Å². The Labute approximate surface area is 107 Å². The molecule has 0 aromatic rings. The van der Waals surface area contributed by atoms with E-state index >= 15 is 0 Å². The predicted molar refractivity (Wildman–Crippen MR) is 67.2 cm³/mol. The van der Waals surface area contributed by atoms with E-state index in [1.807, 2.05) is 0 Å². The van der Waals surface area contributed by atoms with E-state index in [1.165, 1.54) is 6.08 Å². The molecule has 0 heterocycles. The summed E-state index contributed by atoms with van der Waals surface area (Å²) >= 11 is 0. The number of phosphoric acid groups is 2. The first-order valence-corrected chi connectivity index (χ1v) is 8.53. The quantitative estimate of drug-likeness (QED) is 0.462. The summed E-state index contributed by atoms with van der Waals surface area (Å²) in [5.74, 6) is 0. The van der Waals surface area contributed by atoms with Gasteiger partial charge in [0.1, 0.15) is 0 Å². The molecule has 0 bridgehead atoms. The molecule has 1 unspecified atom stereocenters. The van der Waals surface area contributed by atoms with Gasteiger partial charge in [-0.25, -0.2) is 9.13 Å². The molecule has 1 N–H and O–H groups in total. The van der Waals surface area contributed by atoms with Gasteiger partial charge in [-0.15, -0.1) is 6.58 Å². The summed E-state index contributed by atoms with van der Waals surface area (Å²) in [7, 11) is -8.58. The van der Waals surface area contributed by atoms with E-state index < -0.39 is 15.6 Å². The highest BCUT2D eigenvalue weighted by Crippen LogP contribution is 2.63. The van der Waals surface area contributed by atoms with Crippen LogP contribution >= 0.6 is 15.6 Å². The molecule has 9 heteroatoms. The standard InChI is InChI=1S/C9H20O7P2/c1-4-7-13-17(10,11)16-18(12,14-8-5-2)15-9-6-3/h4H,1,5-9H2,2-3H3,(H,10,11). The highest BCUT2D eigenvalue weighted by Gasteiger charge is 2.37. The van der Waals surface area contributed by atoms with E-state index in [-0.39, 0.29) is 19.8 Å². The fourth-order valence-electron chi connectivity index (χ4n) is 0.787. The molecule has 0 rings (SSSR count). The first-order valence-electron chi connectivity index (χ1n) is 5.57. The van der Waals surface area contributed by atoms with Crippen LogP contribution in [0.3, 0.4) is 0 Å². The van der Waals surface area contributed by atoms with Crippen molar-refractivity contribution in [1.29, 1.82) is 0 Å². The Bertz CT molecular complexity index is 319. The zero-order chi connectivity index (χ0) is 14.1. The Morgan fingerprint density at radius 1 is 1.11 bits per heavy atom. The van der Waals surface area contributed by atoms with Crippen LogP contribution < -0.4 is 0 Å². The molecule has 0 aliphatic rings. The van der Waals surface area contributed by atoms with Gasteiger partial charge in [0.05, 0.1) is 19.8 Å². The van der Waals surface area contributed by atoms with Crippen molar-refractivity contribution in [3.8, 4) is 0 Å². The lowest BCUT2D eigenvalue weighted by atomic mass is 10.5. The van der Waals surface area contributed by atoms with E-state index in [4.69, 9.17) is 9.05 Å². The number of hydrogen-bond acceptors (Lipinski definition) is 6. The Morgan fingerprint density at radius 3 is 2.00 bits per heavy atom. The molecule has 0 radical (unpaired) electrons. The predicted octanol–water partition coefficient (Wildman–Crippen LogP) is 3.27. The molecular weight excluding hydrogens is 282 g/mol. The second-order valence-corrected chi connectivity index (χ2v) is 6.51. The molecule has 0 saturated carbocycles. The van der Waals surface area contributed by atoms with Gasteiger partial charge in [0.15, 0.2) is 0 Å². The zero-order valence-corrected chi connectivity index (χ0v) is 12.4. The summed E-state index contributed by atoms with van der Waals surface area (Å²) in [6, 6.07) is 0. The summed E-state index contributed by atoms with van der Waals surface area (Å²) in [5, 5.41) is 0. The molecule has 0 aliphatic heterocycles. The average molecular weight is 302 g/mol. The highest BCUT2D eigenvalue weighted by molar-refractivity contribution is 7.61. The van der Waals surface area contributed by atoms with Crippen molar-refractivity contribution in [1.82, 2.24) is 0 Å². The SMILES string of the molecule is C=CCOP(=O)(O)OP(=O)(OCCC)OCCC. The smallest absolute Gasteiger partial charge is 0.302 e. The summed E-state index contributed by atoms with van der Waals surface area (Å²) in [5.41, 5.74) is 0. The molecule has 7 nitrogen and oxygen atoms in total. The average Bonchev–Trinajstić information content (AvgIpc) is 2.31. The lowest BCUT2D eigenvalue weighted by molar-refractivity contribution is 0.131. The molecular formula is C9H20O7P2. The van der Waals surface area contributed by atoms with Gasteiger partial charge < -0.3 is 4.89 Å². The molecule has 0 aromatic carbocycles. The third-order valence-corrected chi connectivity index (χ3v) is 4.56. The molecule has 0 aliphatic carbocycles. The van der Waals surface area contributed by atoms with Crippen LogP contribution in [0.1, 0.15) is 26.7 Å². The first-order chi connectivity index (χ1) is 8.39. The van der Waals surface area contributed by atoms with E-state index in [2.05, 4.69) is 15.4 Å². The fourth-order valence-corrected chi connectivity index (χ4v) is 3.54. The van der Waals surface area contributed by atoms with Crippen LogP contribution in [0.15, 0.2) is 12.7 Å². The first kappa shape index (κ1) is 18.0. The molecule has 18 heavy (non-hydrogen) atoms. The van der Waals surface area contributed by atoms with Crippen molar-refractivity contribution in [2.24, 2.45) is 0 Å². The third kappa shape index (κ3) is 8.16. The van der Waals surface area contributed by atoms with Gasteiger partial charge in [-0.3, -0.25) is 13.6 Å². The zero-order valence-electron chi connectivity index (χ0n) is 10.6. The lowest BCUT2D eigenvalue weighted by Crippen LogP contribution is -2.02. The Hall–Kier alpha value is -0.0000000000000000416. The number of hydrogen-bond donors (Lipinski definition) is 1. The highest BCUT2D eigenvalue weighted by atomic mass is 31.3. The monoisotopic (exact) mass is 302 g/mol. The van der Waals surface area contributed by atoms with Crippen molar-refractivity contribution in [3.63, 3.8) is 0 Å². The van der Waals surface area contributed by atoms with Crippen LogP contribution in [0, 0.1) is 0 Å². The maximum absolute atomic E-state index is 12.0. The molecule has 0 fully saturated rings. The second kappa shape index (κ2) is 8.99. The van der Waals surface area contributed by atoms with E-state index in [1.54, 1.807) is 13.8 Å². The molecule has 0 aromatic heterocycles. The maximum Gasteiger partial charge on any atom is 0.483 e. The van der Waals surface area contributed by atoms with Gasteiger partial charge in [-0.05, 0) is 12.8 Å². The van der Waals surface area contributed by atoms with Crippen LogP contribution in [0.2, 0.25) is 0 Å². The van der Waals surface area contributed by atoms with Gasteiger partial charge in [-0.2, -0.15) is 4.31 Å². The Balaban J connectivity index is 4.60. The Kier molecular flexibility index (Phi) is 8.99. The minimum absolute atomic E-state index is 0.0858. The summed E-state index contributed by atoms with van der Waals surface area (Å²) < 4.78 is 42.1. The van der Waals surface area contributed by atoms with Crippen molar-refractivity contribution >= 4 is 15.6 Å². The fraction of sp³-hybridized carbons (Fsp3) is 0.778. The summed E-state index contributed by atoms with van der Waals surface area (Å²) in [6.07, 6.45) is 2.38. The molecule has 1 atom stereocenters. The van der Waals surface area contributed by atoms with Crippen molar-refractivity contribution in [3.05, 3.63) is 12.7 Å². The molecule has 0 saturated heterocycles. The molecule has 108 valence electrons. The van der Waals surface area contributed by atoms with Gasteiger partial charge in [0.25, 0.3) is 0 Å². The minimum Gasteiger partial charge on any atom is -0.302 e. The van der Waals surface area contributed by atoms with Crippen LogP contribution in [-0.4, -0.2) is 24.7 Å². The van der Waals surface area contributed by atoms with Crippen LogP contribution in [0.5, 0.6) is 0 Å². The van der Waals surface area contributed by atoms with E-state index in [0.717, 1.165) is 0 Å². The van der Waals surface area contributed by atoms with Crippen LogP contribution in [0.25, 0.3) is 0 Å². The van der Waals surface area contributed by atoms with Crippen molar-refractivity contribution in [2.75, 3.05) is 19.8 Å². The lowest BCUT2D eigenvalue weighted by Gasteiger charge is -2.19. The Morgan fingerprint density at radius 2 is 1.61 bits per heavy atom. The number of rotatable bonds is 11. The minimum atomic E-state index is -4.50. The maximum atomic E-state index is 12.0. The summed E-state index contributed by atoms with van der Waals surface area (Å²) in [6.45, 7) is 6.85. The van der Waals surface area contributed by atoms with Gasteiger partial charge in [0, 0.05) is 0 Å². The summed E-state index contributed by atoms with van der Waals surface area (Å²) in [4.78, 5) is 9.31. The number of phosphoric ester groups is 2. The normalized spacial score (nSPS) is 15.3. The van der Waals surface area contributed by atoms with E-state index in [9.17, 15) is 14.0 Å². The van der Waals surface area contributed by atoms with Gasteiger partial charge >= 0.3 is 15.6 Å². The van der Waals surface area contributed by atoms with Crippen molar-refractivity contribution in [2.45, 2.75) is 26.7 Å². The van der Waals surface area contributed by atoms with Crippen LogP contribution in [-0.2, 0) is 27.0 Å².